The number of carbonyl (C=O) groups is 1. The summed E-state index contributed by atoms with van der Waals surface area (Å²) in [4.78, 5) is 37.8. The number of ether oxygens (including phenoxy) is 1. The van der Waals surface area contributed by atoms with Gasteiger partial charge in [-0.1, -0.05) is 18.2 Å². The van der Waals surface area contributed by atoms with Gasteiger partial charge in [0.2, 0.25) is 5.91 Å². The molecule has 0 radical (unpaired) electrons. The molecule has 0 spiro atoms. The summed E-state index contributed by atoms with van der Waals surface area (Å²) >= 11 is 1.69. The first-order chi connectivity index (χ1) is 15.1. The van der Waals surface area contributed by atoms with Crippen LogP contribution < -0.4 is 10.3 Å². The number of para-hydroxylation sites is 1. The fourth-order valence-electron chi connectivity index (χ4n) is 4.90. The number of likely N-dealkylation sites (tertiary alicyclic amines) is 1. The van der Waals surface area contributed by atoms with Crippen LogP contribution >= 0.6 is 11.3 Å². The molecule has 162 valence electrons. The van der Waals surface area contributed by atoms with E-state index in [1.54, 1.807) is 18.4 Å². The predicted octanol–water partition coefficient (Wildman–Crippen LogP) is 3.82. The fraction of sp³-hybridized carbons (Fsp3) is 0.458. The van der Waals surface area contributed by atoms with Gasteiger partial charge in [0.25, 0.3) is 5.56 Å². The van der Waals surface area contributed by atoms with E-state index in [1.165, 1.54) is 16.9 Å². The van der Waals surface area contributed by atoms with Crippen LogP contribution in [0, 0.1) is 0 Å². The highest BCUT2D eigenvalue weighted by molar-refractivity contribution is 7.18. The van der Waals surface area contributed by atoms with Crippen LogP contribution in [0.5, 0.6) is 5.75 Å². The van der Waals surface area contributed by atoms with Crippen molar-refractivity contribution >= 4 is 27.5 Å². The van der Waals surface area contributed by atoms with Crippen molar-refractivity contribution in [2.45, 2.75) is 50.9 Å². The molecule has 0 bridgehead atoms. The Kier molecular flexibility index (Phi) is 5.52. The van der Waals surface area contributed by atoms with Crippen molar-refractivity contribution in [1.29, 1.82) is 0 Å². The number of hydrogen-bond donors (Lipinski definition) is 1. The second kappa shape index (κ2) is 8.46. The van der Waals surface area contributed by atoms with Crippen LogP contribution in [0.3, 0.4) is 0 Å². The minimum atomic E-state index is 0.00841. The maximum Gasteiger partial charge on any atom is 0.259 e. The van der Waals surface area contributed by atoms with Crippen LogP contribution in [0.15, 0.2) is 29.1 Å². The van der Waals surface area contributed by atoms with Crippen LogP contribution in [0.2, 0.25) is 0 Å². The lowest BCUT2D eigenvalue weighted by Gasteiger charge is -2.31. The van der Waals surface area contributed by atoms with Crippen LogP contribution in [0.25, 0.3) is 10.2 Å². The van der Waals surface area contributed by atoms with Crippen molar-refractivity contribution in [3.8, 4) is 5.75 Å². The Morgan fingerprint density at radius 1 is 1.23 bits per heavy atom. The molecule has 1 N–H and O–H groups in total. The van der Waals surface area contributed by atoms with E-state index in [2.05, 4.69) is 4.98 Å². The second-order valence-electron chi connectivity index (χ2n) is 8.49. The van der Waals surface area contributed by atoms with E-state index in [9.17, 15) is 9.59 Å². The monoisotopic (exact) mass is 437 g/mol. The highest BCUT2D eigenvalue weighted by Gasteiger charge is 2.27. The van der Waals surface area contributed by atoms with Gasteiger partial charge >= 0.3 is 0 Å². The molecular weight excluding hydrogens is 410 g/mol. The smallest absolute Gasteiger partial charge is 0.259 e. The average Bonchev–Trinajstić information content (AvgIpc) is 3.18. The summed E-state index contributed by atoms with van der Waals surface area (Å²) in [6, 6.07) is 7.66. The van der Waals surface area contributed by atoms with Crippen molar-refractivity contribution < 1.29 is 9.53 Å². The van der Waals surface area contributed by atoms with Crippen molar-refractivity contribution in [1.82, 2.24) is 14.9 Å². The number of piperidine rings is 1. The number of nitrogens with one attached hydrogen (secondary N) is 1. The number of carbonyl (C=O) groups excluding carboxylic acids is 1. The number of methoxy groups -OCH3 is 1. The minimum Gasteiger partial charge on any atom is -0.496 e. The van der Waals surface area contributed by atoms with E-state index in [0.29, 0.717) is 19.5 Å². The average molecular weight is 438 g/mol. The lowest BCUT2D eigenvalue weighted by atomic mass is 9.95. The maximum absolute atomic E-state index is 12.8. The third kappa shape index (κ3) is 3.87. The quantitative estimate of drug-likeness (QED) is 0.673. The van der Waals surface area contributed by atoms with Gasteiger partial charge in [0.1, 0.15) is 16.4 Å². The first kappa shape index (κ1) is 20.2. The third-order valence-electron chi connectivity index (χ3n) is 6.61. The lowest BCUT2D eigenvalue weighted by Crippen LogP contribution is -2.39. The number of fused-ring (bicyclic) bond motifs is 3. The highest BCUT2D eigenvalue weighted by atomic mass is 32.1. The fourth-order valence-corrected chi connectivity index (χ4v) is 6.17. The molecule has 6 nitrogen and oxygen atoms in total. The molecule has 31 heavy (non-hydrogen) atoms. The molecular formula is C24H27N3O3S. The topological polar surface area (TPSA) is 75.3 Å². The zero-order valence-electron chi connectivity index (χ0n) is 17.8. The molecule has 1 aliphatic carbocycles. The standard InChI is InChI=1S/C24H27N3O3S/c1-30-18-8-4-2-6-16(18)14-20(28)27-12-10-15(11-13-27)22-25-23(29)21-17-7-3-5-9-19(17)31-24(21)26-22/h2,4,6,8,15H,3,5,7,9-14H2,1H3,(H,25,26,29). The van der Waals surface area contributed by atoms with Crippen LogP contribution in [-0.2, 0) is 24.1 Å². The molecule has 0 saturated carbocycles. The molecule has 2 aliphatic rings. The molecule has 5 rings (SSSR count). The zero-order chi connectivity index (χ0) is 21.4. The molecule has 7 heteroatoms. The number of amides is 1. The van der Waals surface area contributed by atoms with Crippen molar-refractivity contribution in [2.75, 3.05) is 20.2 Å². The molecule has 1 saturated heterocycles. The summed E-state index contributed by atoms with van der Waals surface area (Å²) in [5.74, 6) is 1.84. The van der Waals surface area contributed by atoms with E-state index in [1.807, 2.05) is 29.2 Å². The molecule has 1 amide bonds. The van der Waals surface area contributed by atoms with Crippen LogP contribution in [0.1, 0.15) is 53.4 Å². The normalized spacial score (nSPS) is 17.0. The highest BCUT2D eigenvalue weighted by Crippen LogP contribution is 2.35. The maximum atomic E-state index is 12.8. The summed E-state index contributed by atoms with van der Waals surface area (Å²) in [6.07, 6.45) is 6.39. The van der Waals surface area contributed by atoms with Gasteiger partial charge in [-0.25, -0.2) is 4.98 Å². The molecule has 2 aromatic heterocycles. The van der Waals surface area contributed by atoms with Gasteiger partial charge < -0.3 is 14.6 Å². The number of aryl methyl sites for hydroxylation is 2. The molecule has 1 aliphatic heterocycles. The van der Waals surface area contributed by atoms with Gasteiger partial charge in [0.05, 0.1) is 18.9 Å². The molecule has 3 aromatic rings. The van der Waals surface area contributed by atoms with E-state index in [4.69, 9.17) is 9.72 Å². The first-order valence-electron chi connectivity index (χ1n) is 11.1. The summed E-state index contributed by atoms with van der Waals surface area (Å²) in [5, 5.41) is 0.813. The van der Waals surface area contributed by atoms with E-state index >= 15 is 0 Å². The molecule has 1 fully saturated rings. The Balaban J connectivity index is 1.29. The Bertz CT molecular complexity index is 1170. The largest absolute Gasteiger partial charge is 0.496 e. The number of thiophene rings is 1. The molecule has 0 unspecified atom stereocenters. The van der Waals surface area contributed by atoms with Crippen molar-refractivity contribution in [3.63, 3.8) is 0 Å². The number of nitrogens with zero attached hydrogens (tertiary/aromatic N) is 2. The SMILES string of the molecule is COc1ccccc1CC(=O)N1CCC(c2nc3sc4c(c3c(=O)[nH]2)CCCC4)CC1. The van der Waals surface area contributed by atoms with Gasteiger partial charge in [-0.05, 0) is 50.2 Å². The van der Waals surface area contributed by atoms with Crippen molar-refractivity contribution in [3.05, 3.63) is 56.4 Å². The van der Waals surface area contributed by atoms with E-state index < -0.39 is 0 Å². The lowest BCUT2D eigenvalue weighted by molar-refractivity contribution is -0.131. The van der Waals surface area contributed by atoms with Gasteiger partial charge in [-0.3, -0.25) is 9.59 Å². The first-order valence-corrected chi connectivity index (χ1v) is 11.9. The number of benzene rings is 1. The van der Waals surface area contributed by atoms with E-state index in [-0.39, 0.29) is 17.4 Å². The Morgan fingerprint density at radius 2 is 2.00 bits per heavy atom. The Hall–Kier alpha value is -2.67. The third-order valence-corrected chi connectivity index (χ3v) is 7.80. The Labute approximate surface area is 185 Å². The zero-order valence-corrected chi connectivity index (χ0v) is 18.6. The minimum absolute atomic E-state index is 0.00841. The number of rotatable bonds is 4. The van der Waals surface area contributed by atoms with Gasteiger partial charge in [-0.2, -0.15) is 0 Å². The summed E-state index contributed by atoms with van der Waals surface area (Å²) in [7, 11) is 1.63. The predicted molar refractivity (Wildman–Crippen MR) is 122 cm³/mol. The number of H-pyrrole nitrogens is 1. The van der Waals surface area contributed by atoms with Gasteiger partial charge in [0, 0.05) is 29.4 Å². The molecule has 3 heterocycles. The summed E-state index contributed by atoms with van der Waals surface area (Å²) in [5.41, 5.74) is 2.15. The van der Waals surface area contributed by atoms with E-state index in [0.717, 1.165) is 59.5 Å². The summed E-state index contributed by atoms with van der Waals surface area (Å²) < 4.78 is 5.37. The number of aromatic nitrogens is 2. The van der Waals surface area contributed by atoms with Gasteiger partial charge in [0.15, 0.2) is 0 Å². The second-order valence-corrected chi connectivity index (χ2v) is 9.57. The molecule has 1 aromatic carbocycles. The number of aromatic amines is 1. The van der Waals surface area contributed by atoms with Crippen molar-refractivity contribution in [2.24, 2.45) is 0 Å². The van der Waals surface area contributed by atoms with Crippen LogP contribution in [0.4, 0.5) is 0 Å². The van der Waals surface area contributed by atoms with Crippen LogP contribution in [-0.4, -0.2) is 41.0 Å². The van der Waals surface area contributed by atoms with Gasteiger partial charge in [-0.15, -0.1) is 11.3 Å². The number of hydrogen-bond acceptors (Lipinski definition) is 5. The Morgan fingerprint density at radius 3 is 2.81 bits per heavy atom. The molecule has 0 atom stereocenters. The summed E-state index contributed by atoms with van der Waals surface area (Å²) in [6.45, 7) is 1.36.